The van der Waals surface area contributed by atoms with Crippen LogP contribution in [0.5, 0.6) is 0 Å². The van der Waals surface area contributed by atoms with E-state index in [0.717, 1.165) is 18.4 Å². The zero-order valence-corrected chi connectivity index (χ0v) is 7.41. The summed E-state index contributed by atoms with van der Waals surface area (Å²) in [7, 11) is 0. The zero-order valence-electron chi connectivity index (χ0n) is 7.41. The normalized spacial score (nSPS) is 17.2. The molecule has 0 amide bonds. The number of allylic oxidation sites excluding steroid dienone is 3. The molecule has 1 aliphatic rings. The van der Waals surface area contributed by atoms with Gasteiger partial charge in [0.25, 0.3) is 5.70 Å². The monoisotopic (exact) mass is 167 g/mol. The molecule has 66 valence electrons. The molecule has 1 rings (SSSR count). The molecule has 3 heteroatoms. The van der Waals surface area contributed by atoms with Crippen molar-refractivity contribution in [2.24, 2.45) is 5.92 Å². The van der Waals surface area contributed by atoms with E-state index in [-0.39, 0.29) is 10.8 Å². The molecule has 0 fully saturated rings. The Morgan fingerprint density at radius 1 is 1.42 bits per heavy atom. The van der Waals surface area contributed by atoms with E-state index in [2.05, 4.69) is 0 Å². The zero-order chi connectivity index (χ0) is 9.14. The minimum atomic E-state index is -0.287. The second-order valence-corrected chi connectivity index (χ2v) is 3.24. The van der Waals surface area contributed by atoms with Gasteiger partial charge in [-0.3, -0.25) is 10.1 Å². The van der Waals surface area contributed by atoms with Crippen molar-refractivity contribution in [2.75, 3.05) is 0 Å². The van der Waals surface area contributed by atoms with Crippen molar-refractivity contribution < 1.29 is 4.92 Å². The number of nitro groups is 1. The summed E-state index contributed by atoms with van der Waals surface area (Å²) in [4.78, 5) is 10.3. The molecule has 0 saturated carbocycles. The van der Waals surface area contributed by atoms with Crippen molar-refractivity contribution in [1.82, 2.24) is 0 Å². The molecule has 0 bridgehead atoms. The van der Waals surface area contributed by atoms with Crippen molar-refractivity contribution in [2.45, 2.75) is 26.7 Å². The van der Waals surface area contributed by atoms with Gasteiger partial charge in [0.15, 0.2) is 0 Å². The van der Waals surface area contributed by atoms with Gasteiger partial charge in [-0.1, -0.05) is 19.9 Å². The van der Waals surface area contributed by atoms with Crippen LogP contribution in [0.15, 0.2) is 23.4 Å². The molecule has 0 saturated heterocycles. The van der Waals surface area contributed by atoms with E-state index >= 15 is 0 Å². The minimum Gasteiger partial charge on any atom is -0.258 e. The molecule has 0 heterocycles. The first kappa shape index (κ1) is 8.97. The number of hydrogen-bond donors (Lipinski definition) is 0. The summed E-state index contributed by atoms with van der Waals surface area (Å²) < 4.78 is 0. The largest absolute Gasteiger partial charge is 0.268 e. The summed E-state index contributed by atoms with van der Waals surface area (Å²) in [6, 6.07) is 0. The summed E-state index contributed by atoms with van der Waals surface area (Å²) in [6.07, 6.45) is 5.43. The van der Waals surface area contributed by atoms with Crippen LogP contribution in [-0.4, -0.2) is 4.92 Å². The highest BCUT2D eigenvalue weighted by Crippen LogP contribution is 2.25. The molecule has 0 spiro atoms. The van der Waals surface area contributed by atoms with Crippen molar-refractivity contribution >= 4 is 0 Å². The van der Waals surface area contributed by atoms with Crippen LogP contribution in [-0.2, 0) is 0 Å². The van der Waals surface area contributed by atoms with Gasteiger partial charge >= 0.3 is 0 Å². The van der Waals surface area contributed by atoms with Gasteiger partial charge < -0.3 is 0 Å². The first-order valence-corrected chi connectivity index (χ1v) is 4.18. The van der Waals surface area contributed by atoms with Gasteiger partial charge in [-0.15, -0.1) is 0 Å². The van der Waals surface area contributed by atoms with E-state index in [4.69, 9.17) is 0 Å². The summed E-state index contributed by atoms with van der Waals surface area (Å²) in [5.41, 5.74) is 1.18. The third kappa shape index (κ3) is 1.72. The van der Waals surface area contributed by atoms with Crippen LogP contribution in [0.2, 0.25) is 0 Å². The quantitative estimate of drug-likeness (QED) is 0.468. The molecular weight excluding hydrogens is 154 g/mol. The average molecular weight is 167 g/mol. The predicted octanol–water partition coefficient (Wildman–Crippen LogP) is 2.52. The van der Waals surface area contributed by atoms with Crippen molar-refractivity contribution in [1.29, 1.82) is 0 Å². The minimum absolute atomic E-state index is 0.252. The maximum absolute atomic E-state index is 10.6. The molecule has 12 heavy (non-hydrogen) atoms. The smallest absolute Gasteiger partial charge is 0.258 e. The topological polar surface area (TPSA) is 43.1 Å². The third-order valence-corrected chi connectivity index (χ3v) is 1.98. The van der Waals surface area contributed by atoms with E-state index < -0.39 is 0 Å². The summed E-state index contributed by atoms with van der Waals surface area (Å²) in [5, 5.41) is 10.6. The number of hydrogen-bond acceptors (Lipinski definition) is 2. The van der Waals surface area contributed by atoms with Gasteiger partial charge in [0.1, 0.15) is 0 Å². The van der Waals surface area contributed by atoms with Crippen LogP contribution < -0.4 is 0 Å². The van der Waals surface area contributed by atoms with Crippen LogP contribution in [0.3, 0.4) is 0 Å². The lowest BCUT2D eigenvalue weighted by molar-refractivity contribution is -0.422. The molecule has 0 N–H and O–H groups in total. The van der Waals surface area contributed by atoms with E-state index in [1.54, 1.807) is 6.08 Å². The fourth-order valence-corrected chi connectivity index (χ4v) is 1.39. The molecule has 0 aromatic heterocycles. The Hall–Kier alpha value is -1.12. The highest BCUT2D eigenvalue weighted by Gasteiger charge is 2.21. The van der Waals surface area contributed by atoms with Gasteiger partial charge in [-0.25, -0.2) is 0 Å². The van der Waals surface area contributed by atoms with E-state index in [0.29, 0.717) is 5.70 Å². The fourth-order valence-electron chi connectivity index (χ4n) is 1.39. The summed E-state index contributed by atoms with van der Waals surface area (Å²) >= 11 is 0. The first-order chi connectivity index (χ1) is 5.63. The molecule has 0 unspecified atom stereocenters. The molecule has 1 aliphatic carbocycles. The standard InChI is InChI=1S/C9H13NO2/c1-7(2)8-5-3-4-6-9(8)10(11)12/h5-7H,3-4H2,1-2H3. The molecule has 0 aliphatic heterocycles. The second kappa shape index (κ2) is 3.52. The average Bonchev–Trinajstić information content (AvgIpc) is 2.04. The van der Waals surface area contributed by atoms with Crippen LogP contribution >= 0.6 is 0 Å². The molecule has 0 aromatic rings. The van der Waals surface area contributed by atoms with Crippen LogP contribution in [0.25, 0.3) is 0 Å². The Bertz CT molecular complexity index is 251. The van der Waals surface area contributed by atoms with Crippen molar-refractivity contribution in [3.8, 4) is 0 Å². The lowest BCUT2D eigenvalue weighted by Crippen LogP contribution is -2.09. The van der Waals surface area contributed by atoms with Crippen LogP contribution in [0.1, 0.15) is 26.7 Å². The molecule has 0 aromatic carbocycles. The van der Waals surface area contributed by atoms with Gasteiger partial charge in [0, 0.05) is 5.57 Å². The lowest BCUT2D eigenvalue weighted by atomic mass is 9.94. The van der Waals surface area contributed by atoms with Gasteiger partial charge in [-0.2, -0.15) is 0 Å². The molecule has 0 atom stereocenters. The van der Waals surface area contributed by atoms with Gasteiger partial charge in [0.2, 0.25) is 0 Å². The van der Waals surface area contributed by atoms with Crippen LogP contribution in [0.4, 0.5) is 0 Å². The maximum Gasteiger partial charge on any atom is 0.268 e. The Balaban J connectivity index is 2.90. The summed E-state index contributed by atoms with van der Waals surface area (Å²) in [5.74, 6) is 0.252. The Labute approximate surface area is 71.9 Å². The Morgan fingerprint density at radius 2 is 2.00 bits per heavy atom. The van der Waals surface area contributed by atoms with Crippen molar-refractivity contribution in [3.05, 3.63) is 33.5 Å². The Morgan fingerprint density at radius 3 is 2.42 bits per heavy atom. The number of nitrogens with zero attached hydrogens (tertiary/aromatic N) is 1. The second-order valence-electron chi connectivity index (χ2n) is 3.24. The molecule has 3 nitrogen and oxygen atoms in total. The number of rotatable bonds is 2. The predicted molar refractivity (Wildman–Crippen MR) is 47.2 cm³/mol. The highest BCUT2D eigenvalue weighted by atomic mass is 16.6. The fraction of sp³-hybridized carbons (Fsp3) is 0.556. The van der Waals surface area contributed by atoms with Crippen LogP contribution in [0, 0.1) is 16.0 Å². The lowest BCUT2D eigenvalue weighted by Gasteiger charge is -2.11. The van der Waals surface area contributed by atoms with E-state index in [1.165, 1.54) is 0 Å². The van der Waals surface area contributed by atoms with E-state index in [9.17, 15) is 10.1 Å². The maximum atomic E-state index is 10.6. The van der Waals surface area contributed by atoms with Gasteiger partial charge in [-0.05, 0) is 24.8 Å². The highest BCUT2D eigenvalue weighted by molar-refractivity contribution is 5.29. The third-order valence-electron chi connectivity index (χ3n) is 1.98. The molecule has 0 radical (unpaired) electrons. The van der Waals surface area contributed by atoms with E-state index in [1.807, 2.05) is 19.9 Å². The molecular formula is C9H13NO2. The van der Waals surface area contributed by atoms with Gasteiger partial charge in [0.05, 0.1) is 4.92 Å². The Kier molecular flexibility index (Phi) is 2.63. The van der Waals surface area contributed by atoms with Crippen molar-refractivity contribution in [3.63, 3.8) is 0 Å². The SMILES string of the molecule is CC(C)C1=CCCC=C1[N+](=O)[O-]. The summed E-state index contributed by atoms with van der Waals surface area (Å²) in [6.45, 7) is 3.96. The first-order valence-electron chi connectivity index (χ1n) is 4.18.